The third-order valence-electron chi connectivity index (χ3n) is 6.87. The van der Waals surface area contributed by atoms with E-state index in [0.717, 1.165) is 33.6 Å². The topological polar surface area (TPSA) is 119 Å². The maximum absolute atomic E-state index is 13.7. The molecule has 38 heavy (non-hydrogen) atoms. The molecule has 0 aromatic heterocycles. The van der Waals surface area contributed by atoms with E-state index in [-0.39, 0.29) is 49.0 Å². The molecule has 1 aliphatic heterocycles. The van der Waals surface area contributed by atoms with Crippen molar-refractivity contribution in [2.75, 3.05) is 19.6 Å². The first-order chi connectivity index (χ1) is 17.6. The molecule has 1 amide bonds. The molecule has 4 atom stereocenters. The van der Waals surface area contributed by atoms with Crippen LogP contribution in [0, 0.1) is 17.6 Å². The normalized spacial score (nSPS) is 19.2. The highest BCUT2D eigenvalue weighted by Crippen LogP contribution is 2.33. The van der Waals surface area contributed by atoms with Gasteiger partial charge < -0.3 is 15.7 Å². The van der Waals surface area contributed by atoms with Crippen LogP contribution in [0.2, 0.25) is 0 Å². The van der Waals surface area contributed by atoms with Gasteiger partial charge in [0.2, 0.25) is 5.91 Å². The molecule has 2 aromatic rings. The Kier molecular flexibility index (Phi) is 9.64. The highest BCUT2D eigenvalue weighted by molar-refractivity contribution is 7.83. The van der Waals surface area contributed by atoms with Gasteiger partial charge in [-0.05, 0) is 53.0 Å². The molecule has 3 rings (SSSR count). The Labute approximate surface area is 223 Å². The molecule has 0 spiro atoms. The van der Waals surface area contributed by atoms with Gasteiger partial charge in [0.25, 0.3) is 0 Å². The minimum absolute atomic E-state index is 0.00124. The molecule has 0 aliphatic carbocycles. The van der Waals surface area contributed by atoms with E-state index >= 15 is 0 Å². The lowest BCUT2D eigenvalue weighted by molar-refractivity contribution is -0.120. The van der Waals surface area contributed by atoms with E-state index in [0.29, 0.717) is 6.42 Å². The third kappa shape index (κ3) is 8.28. The van der Waals surface area contributed by atoms with Gasteiger partial charge in [-0.2, -0.15) is 12.7 Å². The summed E-state index contributed by atoms with van der Waals surface area (Å²) in [7, 11) is -4.34. The maximum Gasteiger partial charge on any atom is 0.335 e. The number of aliphatic hydroxyl groups excluding tert-OH is 1. The van der Waals surface area contributed by atoms with Gasteiger partial charge in [-0.3, -0.25) is 9.35 Å². The van der Waals surface area contributed by atoms with Gasteiger partial charge in [0, 0.05) is 38.7 Å². The molecule has 1 heterocycles. The fourth-order valence-corrected chi connectivity index (χ4v) is 5.62. The van der Waals surface area contributed by atoms with E-state index in [9.17, 15) is 31.7 Å². The predicted octanol–water partition coefficient (Wildman–Crippen LogP) is 3.13. The van der Waals surface area contributed by atoms with E-state index in [2.05, 4.69) is 31.4 Å². The van der Waals surface area contributed by atoms with Crippen LogP contribution in [-0.4, -0.2) is 60.1 Å². The number of nitrogens with one attached hydrogen (secondary N) is 2. The zero-order chi connectivity index (χ0) is 28.3. The van der Waals surface area contributed by atoms with Crippen molar-refractivity contribution < 1.29 is 31.7 Å². The molecule has 8 nitrogen and oxygen atoms in total. The van der Waals surface area contributed by atoms with Gasteiger partial charge in [-0.25, -0.2) is 8.78 Å². The Morgan fingerprint density at radius 1 is 1.16 bits per heavy atom. The summed E-state index contributed by atoms with van der Waals surface area (Å²) in [6.07, 6.45) is -0.635. The summed E-state index contributed by atoms with van der Waals surface area (Å²) in [6.45, 7) is 7.83. The highest BCUT2D eigenvalue weighted by Gasteiger charge is 2.36. The van der Waals surface area contributed by atoms with Crippen molar-refractivity contribution in [2.45, 2.75) is 64.1 Å². The van der Waals surface area contributed by atoms with E-state index in [1.165, 1.54) is 6.92 Å². The molecule has 1 aliphatic rings. The largest absolute Gasteiger partial charge is 0.390 e. The van der Waals surface area contributed by atoms with E-state index in [4.69, 9.17) is 0 Å². The summed E-state index contributed by atoms with van der Waals surface area (Å²) in [6, 6.07) is 9.76. The molecular formula is C27H37F2N3O5S. The fourth-order valence-electron chi connectivity index (χ4n) is 4.91. The zero-order valence-corrected chi connectivity index (χ0v) is 22.9. The van der Waals surface area contributed by atoms with Crippen molar-refractivity contribution in [2.24, 2.45) is 5.92 Å². The van der Waals surface area contributed by atoms with Gasteiger partial charge >= 0.3 is 10.3 Å². The molecule has 11 heteroatoms. The van der Waals surface area contributed by atoms with Crippen molar-refractivity contribution in [1.29, 1.82) is 0 Å². The second kappa shape index (κ2) is 12.2. The van der Waals surface area contributed by atoms with Crippen LogP contribution in [0.15, 0.2) is 42.5 Å². The quantitative estimate of drug-likeness (QED) is 0.336. The third-order valence-corrected chi connectivity index (χ3v) is 7.86. The summed E-state index contributed by atoms with van der Waals surface area (Å²) in [5, 5.41) is 17.1. The average molecular weight is 554 g/mol. The van der Waals surface area contributed by atoms with Crippen LogP contribution in [0.1, 0.15) is 56.8 Å². The Bertz CT molecular complexity index is 1220. The standard InChI is InChI=1S/C27H37F2N3O5S/c1-17(33)31-24(12-18-10-22(28)14-23(29)11-18)25(34)15-30-26(20-8-9-32(16-20)38(35,36)37)19-6-5-7-21(13-19)27(2,3)4/h5-7,10-11,13-14,20,24-26,30,34H,8-9,12,15-16H2,1-4H3,(H,31,33)(H,35,36,37). The Hall–Kier alpha value is -2.44. The molecule has 1 fully saturated rings. The van der Waals surface area contributed by atoms with Gasteiger partial charge in [-0.1, -0.05) is 45.0 Å². The minimum atomic E-state index is -4.34. The number of amides is 1. The summed E-state index contributed by atoms with van der Waals surface area (Å²) in [5.74, 6) is -2.11. The molecule has 2 aromatic carbocycles. The molecule has 210 valence electrons. The average Bonchev–Trinajstić information content (AvgIpc) is 3.28. The molecule has 1 saturated heterocycles. The number of hydrogen-bond acceptors (Lipinski definition) is 5. The van der Waals surface area contributed by atoms with Gasteiger partial charge in [0.15, 0.2) is 0 Å². The molecule has 4 unspecified atom stereocenters. The van der Waals surface area contributed by atoms with Crippen molar-refractivity contribution in [3.63, 3.8) is 0 Å². The first kappa shape index (κ1) is 30.1. The van der Waals surface area contributed by atoms with Gasteiger partial charge in [0.1, 0.15) is 11.6 Å². The molecule has 0 bridgehead atoms. The van der Waals surface area contributed by atoms with Gasteiger partial charge in [0.05, 0.1) is 12.1 Å². The maximum atomic E-state index is 13.7. The number of aliphatic hydroxyl groups is 1. The van der Waals surface area contributed by atoms with E-state index < -0.39 is 40.0 Å². The summed E-state index contributed by atoms with van der Waals surface area (Å²) < 4.78 is 61.5. The first-order valence-electron chi connectivity index (χ1n) is 12.6. The SMILES string of the molecule is CC(=O)NC(Cc1cc(F)cc(F)c1)C(O)CNC(c1cccc(C(C)(C)C)c1)C1CCN(S(=O)(=O)O)C1. The number of rotatable bonds is 10. The summed E-state index contributed by atoms with van der Waals surface area (Å²) >= 11 is 0. The number of carbonyl (C=O) groups excluding carboxylic acids is 1. The van der Waals surface area contributed by atoms with Crippen LogP contribution in [0.5, 0.6) is 0 Å². The van der Waals surface area contributed by atoms with Crippen molar-refractivity contribution >= 4 is 16.2 Å². The van der Waals surface area contributed by atoms with Crippen LogP contribution >= 0.6 is 0 Å². The summed E-state index contributed by atoms with van der Waals surface area (Å²) in [5.41, 5.74) is 2.13. The van der Waals surface area contributed by atoms with Crippen molar-refractivity contribution in [3.05, 3.63) is 70.8 Å². The van der Waals surface area contributed by atoms with Crippen LogP contribution < -0.4 is 10.6 Å². The monoisotopic (exact) mass is 553 g/mol. The van der Waals surface area contributed by atoms with Crippen LogP contribution in [0.25, 0.3) is 0 Å². The van der Waals surface area contributed by atoms with Crippen LogP contribution in [0.4, 0.5) is 8.78 Å². The van der Waals surface area contributed by atoms with Crippen molar-refractivity contribution in [3.8, 4) is 0 Å². The number of hydrogen-bond donors (Lipinski definition) is 4. The number of carbonyl (C=O) groups is 1. The lowest BCUT2D eigenvalue weighted by Crippen LogP contribution is -2.49. The van der Waals surface area contributed by atoms with Crippen LogP contribution in [0.3, 0.4) is 0 Å². The lowest BCUT2D eigenvalue weighted by Gasteiger charge is -2.30. The van der Waals surface area contributed by atoms with Crippen LogP contribution in [-0.2, 0) is 26.9 Å². The summed E-state index contributed by atoms with van der Waals surface area (Å²) in [4.78, 5) is 11.8. The fraction of sp³-hybridized carbons (Fsp3) is 0.519. The Morgan fingerprint density at radius 3 is 2.37 bits per heavy atom. The molecule has 4 N–H and O–H groups in total. The molecule has 0 radical (unpaired) electrons. The number of nitrogens with zero attached hydrogens (tertiary/aromatic N) is 1. The lowest BCUT2D eigenvalue weighted by atomic mass is 9.83. The van der Waals surface area contributed by atoms with E-state index in [1.807, 2.05) is 24.3 Å². The first-order valence-corrected chi connectivity index (χ1v) is 14.0. The van der Waals surface area contributed by atoms with E-state index in [1.54, 1.807) is 0 Å². The minimum Gasteiger partial charge on any atom is -0.390 e. The Balaban J connectivity index is 1.84. The second-order valence-electron chi connectivity index (χ2n) is 11.0. The molecular weight excluding hydrogens is 516 g/mol. The van der Waals surface area contributed by atoms with Crippen molar-refractivity contribution in [1.82, 2.24) is 14.9 Å². The Morgan fingerprint density at radius 2 is 1.82 bits per heavy atom. The molecule has 0 saturated carbocycles. The smallest absolute Gasteiger partial charge is 0.335 e. The highest BCUT2D eigenvalue weighted by atomic mass is 32.2. The van der Waals surface area contributed by atoms with Gasteiger partial charge in [-0.15, -0.1) is 0 Å². The number of halogens is 2. The predicted molar refractivity (Wildman–Crippen MR) is 141 cm³/mol. The second-order valence-corrected chi connectivity index (χ2v) is 12.4. The zero-order valence-electron chi connectivity index (χ0n) is 22.1. The number of benzene rings is 2.